The van der Waals surface area contributed by atoms with Crippen LogP contribution in [0.4, 0.5) is 0 Å². The number of aromatic nitrogens is 1. The maximum atomic E-state index is 13.4. The van der Waals surface area contributed by atoms with E-state index in [9.17, 15) is 14.5 Å². The lowest BCUT2D eigenvalue weighted by molar-refractivity contribution is 0.0519. The van der Waals surface area contributed by atoms with Gasteiger partial charge in [0, 0.05) is 34.7 Å². The van der Waals surface area contributed by atoms with Gasteiger partial charge in [0.1, 0.15) is 10.4 Å². The second-order valence-electron chi connectivity index (χ2n) is 9.73. The van der Waals surface area contributed by atoms with Crippen molar-refractivity contribution >= 4 is 17.3 Å². The number of ether oxygens (including phenoxy) is 1. The first-order valence-corrected chi connectivity index (χ1v) is 12.9. The smallest absolute Gasteiger partial charge is 0.356 e. The Hall–Kier alpha value is -2.41. The molecule has 0 radical (unpaired) electrons. The van der Waals surface area contributed by atoms with Gasteiger partial charge >= 0.3 is 5.97 Å². The molecule has 2 heterocycles. The second-order valence-corrected chi connectivity index (χ2v) is 11.9. The van der Waals surface area contributed by atoms with E-state index in [-0.39, 0.29) is 24.9 Å². The Bertz CT molecular complexity index is 1120. The summed E-state index contributed by atoms with van der Waals surface area (Å²) in [6.07, 6.45) is 0.407. The monoisotopic (exact) mass is 497 g/mol. The molecule has 0 spiro atoms. The average molecular weight is 498 g/mol. The highest BCUT2D eigenvalue weighted by atomic mass is 32.2. The van der Waals surface area contributed by atoms with Gasteiger partial charge in [-0.05, 0) is 72.0 Å². The summed E-state index contributed by atoms with van der Waals surface area (Å²) in [5.74, 6) is 5.84. The van der Waals surface area contributed by atoms with Gasteiger partial charge in [-0.1, -0.05) is 24.0 Å². The van der Waals surface area contributed by atoms with Crippen LogP contribution in [0.1, 0.15) is 67.3 Å². The van der Waals surface area contributed by atoms with Crippen LogP contribution in [0.2, 0.25) is 0 Å². The fourth-order valence-electron chi connectivity index (χ4n) is 4.04. The molecule has 35 heavy (non-hydrogen) atoms. The van der Waals surface area contributed by atoms with Crippen LogP contribution < -0.4 is 0 Å². The van der Waals surface area contributed by atoms with Crippen LogP contribution in [0.15, 0.2) is 30.3 Å². The van der Waals surface area contributed by atoms with E-state index in [2.05, 4.69) is 11.8 Å². The van der Waals surface area contributed by atoms with Gasteiger partial charge in [-0.2, -0.15) is 0 Å². The second kappa shape index (κ2) is 11.5. The van der Waals surface area contributed by atoms with Crippen molar-refractivity contribution in [2.75, 3.05) is 33.9 Å². The Morgan fingerprint density at radius 1 is 1.34 bits per heavy atom. The van der Waals surface area contributed by atoms with Gasteiger partial charge in [-0.3, -0.25) is 4.90 Å². The van der Waals surface area contributed by atoms with Crippen molar-refractivity contribution in [3.05, 3.63) is 52.7 Å². The van der Waals surface area contributed by atoms with E-state index in [4.69, 9.17) is 9.72 Å². The third-order valence-electron chi connectivity index (χ3n) is 5.54. The minimum Gasteiger partial charge on any atom is -0.597 e. The normalized spacial score (nSPS) is 16.5. The number of rotatable bonds is 7. The number of hydrogen-bond acceptors (Lipinski definition) is 7. The molecule has 8 heteroatoms. The standard InChI is InChI=1S/C27H35N3O4S/c1-7-34-26(32)22-17-21-18-30(35(33)27(2,3)4)23(13-15-31)24(21)25(28-22)20-12-8-10-19(16-20)11-9-14-29(5)6/h8,10,12,16-17,23,31H,7,13-15,18H2,1-6H3/t23-,35-/m0/s1. The SMILES string of the molecule is CCOC(=O)c1cc2c(c(-c3cccc(C#CCN(C)C)c3)n1)[C@H](CCO)N([S@@+]([O-])C(C)(C)C)C2. The Balaban J connectivity index is 2.17. The Morgan fingerprint density at radius 2 is 2.09 bits per heavy atom. The summed E-state index contributed by atoms with van der Waals surface area (Å²) in [7, 11) is 3.93. The molecule has 2 aromatic rings. The van der Waals surface area contributed by atoms with Crippen molar-refractivity contribution in [3.63, 3.8) is 0 Å². The molecular formula is C27H35N3O4S. The summed E-state index contributed by atoms with van der Waals surface area (Å²) in [4.78, 5) is 19.4. The van der Waals surface area contributed by atoms with Gasteiger partial charge in [0.15, 0.2) is 0 Å². The number of aliphatic hydroxyl groups excluding tert-OH is 1. The van der Waals surface area contributed by atoms with E-state index in [0.717, 1.165) is 22.3 Å². The van der Waals surface area contributed by atoms with Gasteiger partial charge in [0.05, 0.1) is 31.4 Å². The lowest BCUT2D eigenvalue weighted by Crippen LogP contribution is -2.42. The van der Waals surface area contributed by atoms with Crippen molar-refractivity contribution in [3.8, 4) is 23.1 Å². The summed E-state index contributed by atoms with van der Waals surface area (Å²) >= 11 is -1.32. The molecule has 0 saturated heterocycles. The first-order chi connectivity index (χ1) is 16.6. The van der Waals surface area contributed by atoms with Crippen LogP contribution in [0.25, 0.3) is 11.3 Å². The highest BCUT2D eigenvalue weighted by Crippen LogP contribution is 2.45. The zero-order valence-electron chi connectivity index (χ0n) is 21.4. The van der Waals surface area contributed by atoms with E-state index in [0.29, 0.717) is 25.2 Å². The van der Waals surface area contributed by atoms with Crippen LogP contribution in [0.5, 0.6) is 0 Å². The maximum Gasteiger partial charge on any atom is 0.356 e. The molecule has 1 aromatic carbocycles. The first kappa shape index (κ1) is 27.2. The van der Waals surface area contributed by atoms with Crippen LogP contribution in [-0.2, 0) is 22.6 Å². The number of aliphatic hydroxyl groups is 1. The summed E-state index contributed by atoms with van der Waals surface area (Å²) in [6, 6.07) is 9.20. The topological polar surface area (TPSA) is 89.0 Å². The number of carbonyl (C=O) groups excluding carboxylic acids is 1. The van der Waals surface area contributed by atoms with Gasteiger partial charge in [-0.25, -0.2) is 9.78 Å². The van der Waals surface area contributed by atoms with E-state index < -0.39 is 22.1 Å². The number of esters is 1. The maximum absolute atomic E-state index is 13.4. The first-order valence-electron chi connectivity index (χ1n) is 11.8. The van der Waals surface area contributed by atoms with Crippen molar-refractivity contribution in [1.29, 1.82) is 0 Å². The van der Waals surface area contributed by atoms with E-state index in [1.54, 1.807) is 13.0 Å². The molecule has 0 fully saturated rings. The number of nitrogens with zero attached hydrogens (tertiary/aromatic N) is 3. The fraction of sp³-hybridized carbons (Fsp3) is 0.481. The van der Waals surface area contributed by atoms with Crippen molar-refractivity contribution in [2.24, 2.45) is 0 Å². The zero-order chi connectivity index (χ0) is 25.8. The lowest BCUT2D eigenvalue weighted by Gasteiger charge is -2.33. The molecule has 2 atom stereocenters. The number of benzene rings is 1. The summed E-state index contributed by atoms with van der Waals surface area (Å²) in [5, 5.41) is 9.87. The molecule has 0 saturated carbocycles. The number of fused-ring (bicyclic) bond motifs is 1. The van der Waals surface area contributed by atoms with E-state index in [1.165, 1.54) is 0 Å². The third kappa shape index (κ3) is 6.43. The zero-order valence-corrected chi connectivity index (χ0v) is 22.2. The van der Waals surface area contributed by atoms with Gasteiger partial charge in [0.2, 0.25) is 0 Å². The number of hydrogen-bond donors (Lipinski definition) is 1. The summed E-state index contributed by atoms with van der Waals surface area (Å²) in [5.41, 5.74) is 4.27. The molecule has 0 amide bonds. The molecule has 1 aliphatic heterocycles. The average Bonchev–Trinajstić information content (AvgIpc) is 3.16. The fourth-order valence-corrected chi connectivity index (χ4v) is 5.44. The summed E-state index contributed by atoms with van der Waals surface area (Å²) in [6.45, 7) is 8.78. The Labute approximate surface area is 211 Å². The molecule has 1 N–H and O–H groups in total. The summed E-state index contributed by atoms with van der Waals surface area (Å²) < 4.78 is 20.1. The predicted octanol–water partition coefficient (Wildman–Crippen LogP) is 3.54. The number of pyridine rings is 1. The lowest BCUT2D eigenvalue weighted by atomic mass is 9.95. The minimum atomic E-state index is -1.32. The Morgan fingerprint density at radius 3 is 2.71 bits per heavy atom. The predicted molar refractivity (Wildman–Crippen MR) is 139 cm³/mol. The molecule has 0 bridgehead atoms. The quantitative estimate of drug-likeness (QED) is 0.356. The van der Waals surface area contributed by atoms with Crippen molar-refractivity contribution < 1.29 is 19.2 Å². The molecule has 3 rings (SSSR count). The number of carbonyl (C=O) groups is 1. The molecular weight excluding hydrogens is 462 g/mol. The van der Waals surface area contributed by atoms with E-state index >= 15 is 0 Å². The largest absolute Gasteiger partial charge is 0.597 e. The molecule has 1 aromatic heterocycles. The van der Waals surface area contributed by atoms with Crippen LogP contribution in [-0.4, -0.2) is 68.4 Å². The highest BCUT2D eigenvalue weighted by Gasteiger charge is 2.44. The van der Waals surface area contributed by atoms with E-state index in [1.807, 2.05) is 68.3 Å². The molecule has 0 unspecified atom stereocenters. The van der Waals surface area contributed by atoms with Crippen LogP contribution in [0, 0.1) is 11.8 Å². The van der Waals surface area contributed by atoms with Gasteiger partial charge in [0.25, 0.3) is 0 Å². The molecule has 0 aliphatic carbocycles. The van der Waals surface area contributed by atoms with Gasteiger partial charge in [-0.15, -0.1) is 4.31 Å². The Kier molecular flexibility index (Phi) is 8.97. The minimum absolute atomic E-state index is 0.0585. The third-order valence-corrected chi connectivity index (χ3v) is 7.40. The van der Waals surface area contributed by atoms with Crippen LogP contribution >= 0.6 is 0 Å². The highest BCUT2D eigenvalue weighted by molar-refractivity contribution is 7.90. The van der Waals surface area contributed by atoms with Crippen LogP contribution in [0.3, 0.4) is 0 Å². The van der Waals surface area contributed by atoms with Gasteiger partial charge < -0.3 is 14.4 Å². The van der Waals surface area contributed by atoms with Crippen molar-refractivity contribution in [2.45, 2.75) is 51.4 Å². The molecule has 7 nitrogen and oxygen atoms in total. The molecule has 1 aliphatic rings. The molecule has 188 valence electrons. The van der Waals surface area contributed by atoms with Crippen molar-refractivity contribution in [1.82, 2.24) is 14.2 Å².